The van der Waals surface area contributed by atoms with Gasteiger partial charge in [0, 0.05) is 6.54 Å². The molecule has 1 heterocycles. The fraction of sp³-hybridized carbons (Fsp3) is 0.619. The van der Waals surface area contributed by atoms with Gasteiger partial charge in [0.15, 0.2) is 0 Å². The predicted molar refractivity (Wildman–Crippen MR) is 101 cm³/mol. The lowest BCUT2D eigenvalue weighted by Gasteiger charge is -2.40. The molecule has 1 aliphatic heterocycles. The maximum absolute atomic E-state index is 11.8. The molecule has 2 nitrogen and oxygen atoms in total. The molecule has 2 aliphatic carbocycles. The zero-order valence-corrected chi connectivity index (χ0v) is 15.3. The third kappa shape index (κ3) is 3.42. The van der Waals surface area contributed by atoms with Crippen molar-refractivity contribution in [2.75, 3.05) is 19.6 Å². The summed E-state index contributed by atoms with van der Waals surface area (Å²) in [6, 6.07) is 10.5. The van der Waals surface area contributed by atoms with Crippen LogP contribution in [0.25, 0.3) is 0 Å². The Morgan fingerprint density at radius 1 is 1.00 bits per heavy atom. The molecule has 2 bridgehead atoms. The summed E-state index contributed by atoms with van der Waals surface area (Å²) >= 11 is 0. The van der Waals surface area contributed by atoms with Crippen molar-refractivity contribution in [2.45, 2.75) is 44.1 Å². The van der Waals surface area contributed by atoms with Crippen LogP contribution in [0, 0.1) is 17.8 Å². The summed E-state index contributed by atoms with van der Waals surface area (Å²) in [5.74, 6) is 1.67. The van der Waals surface area contributed by atoms with E-state index in [1.54, 1.807) is 0 Å². The molecule has 0 aromatic heterocycles. The normalized spacial score (nSPS) is 31.6. The molecule has 1 aromatic carbocycles. The number of hydrogen-bond acceptors (Lipinski definition) is 2. The maximum atomic E-state index is 11.8. The second-order valence-electron chi connectivity index (χ2n) is 7.83. The molecule has 3 aliphatic rings. The zero-order chi connectivity index (χ0) is 15.7. The van der Waals surface area contributed by atoms with E-state index in [1.165, 1.54) is 38.8 Å². The van der Waals surface area contributed by atoms with E-state index in [0.717, 1.165) is 24.9 Å². The van der Waals surface area contributed by atoms with Gasteiger partial charge in [-0.1, -0.05) is 48.9 Å². The Morgan fingerprint density at radius 3 is 2.38 bits per heavy atom. The molecule has 132 valence electrons. The van der Waals surface area contributed by atoms with Crippen molar-refractivity contribution in [2.24, 2.45) is 17.8 Å². The molecule has 3 heteroatoms. The van der Waals surface area contributed by atoms with E-state index in [1.807, 2.05) is 0 Å². The standard InChI is InChI=1S/C21H29NO.ClH/c23-21(19-7-3-1-4-8-19,11-14-22-12-5-2-6-13-22)20-16-17-9-10-18(20)15-17;/h1,3-4,7-10,17-18,20,23H,2,5-6,11-16H2;1H/t17-,18+,20?,21?;/m1./s1. The molecule has 1 saturated heterocycles. The summed E-state index contributed by atoms with van der Waals surface area (Å²) in [6.07, 6.45) is 12.0. The lowest BCUT2D eigenvalue weighted by Crippen LogP contribution is -2.42. The highest BCUT2D eigenvalue weighted by Crippen LogP contribution is 2.52. The van der Waals surface area contributed by atoms with E-state index in [2.05, 4.69) is 47.4 Å². The number of nitrogens with zero attached hydrogens (tertiary/aromatic N) is 1. The Balaban J connectivity index is 0.00000169. The number of hydrogen-bond donors (Lipinski definition) is 1. The van der Waals surface area contributed by atoms with E-state index < -0.39 is 5.60 Å². The van der Waals surface area contributed by atoms with Crippen LogP contribution in [0.5, 0.6) is 0 Å². The van der Waals surface area contributed by atoms with Gasteiger partial charge in [-0.2, -0.15) is 0 Å². The maximum Gasteiger partial charge on any atom is 0.0942 e. The molecule has 4 atom stereocenters. The van der Waals surface area contributed by atoms with Crippen LogP contribution in [-0.2, 0) is 5.60 Å². The van der Waals surface area contributed by atoms with Crippen molar-refractivity contribution in [3.63, 3.8) is 0 Å². The second kappa shape index (κ2) is 7.59. The third-order valence-electron chi connectivity index (χ3n) is 6.42. The molecule has 2 unspecified atom stereocenters. The SMILES string of the molecule is Cl.OC(CCN1CCCCC1)(c1ccccc1)C1C[C@@H]2C=C[C@H]1C2. The van der Waals surface area contributed by atoms with Gasteiger partial charge in [-0.3, -0.25) is 0 Å². The van der Waals surface area contributed by atoms with Gasteiger partial charge < -0.3 is 10.0 Å². The van der Waals surface area contributed by atoms with Gasteiger partial charge in [-0.25, -0.2) is 0 Å². The van der Waals surface area contributed by atoms with Crippen LogP contribution >= 0.6 is 12.4 Å². The van der Waals surface area contributed by atoms with Gasteiger partial charge >= 0.3 is 0 Å². The third-order valence-corrected chi connectivity index (χ3v) is 6.42. The van der Waals surface area contributed by atoms with Crippen molar-refractivity contribution in [1.29, 1.82) is 0 Å². The Labute approximate surface area is 152 Å². The molecule has 0 spiro atoms. The van der Waals surface area contributed by atoms with Crippen molar-refractivity contribution in [3.05, 3.63) is 48.0 Å². The fourth-order valence-electron chi connectivity index (χ4n) is 5.11. The van der Waals surface area contributed by atoms with Crippen LogP contribution < -0.4 is 0 Å². The van der Waals surface area contributed by atoms with Crippen LogP contribution in [0.3, 0.4) is 0 Å². The largest absolute Gasteiger partial charge is 0.385 e. The number of likely N-dealkylation sites (tertiary alicyclic amines) is 1. The van der Waals surface area contributed by atoms with Crippen LogP contribution in [0.1, 0.15) is 44.1 Å². The summed E-state index contributed by atoms with van der Waals surface area (Å²) in [5.41, 5.74) is 0.464. The highest BCUT2D eigenvalue weighted by Gasteiger charge is 2.48. The van der Waals surface area contributed by atoms with Crippen LogP contribution in [0.15, 0.2) is 42.5 Å². The summed E-state index contributed by atoms with van der Waals surface area (Å²) in [6.45, 7) is 3.45. The number of fused-ring (bicyclic) bond motifs is 2. The fourth-order valence-corrected chi connectivity index (χ4v) is 5.11. The van der Waals surface area contributed by atoms with E-state index in [4.69, 9.17) is 0 Å². The van der Waals surface area contributed by atoms with Gasteiger partial charge in [0.2, 0.25) is 0 Å². The first-order valence-corrected chi connectivity index (χ1v) is 9.44. The summed E-state index contributed by atoms with van der Waals surface area (Å²) in [4.78, 5) is 2.56. The van der Waals surface area contributed by atoms with Crippen LogP contribution in [-0.4, -0.2) is 29.6 Å². The zero-order valence-electron chi connectivity index (χ0n) is 14.4. The summed E-state index contributed by atoms with van der Waals surface area (Å²) in [5, 5.41) is 11.8. The second-order valence-corrected chi connectivity index (χ2v) is 7.83. The predicted octanol–water partition coefficient (Wildman–Crippen LogP) is 4.38. The Hall–Kier alpha value is -0.830. The van der Waals surface area contributed by atoms with Gasteiger partial charge in [0.25, 0.3) is 0 Å². The summed E-state index contributed by atoms with van der Waals surface area (Å²) in [7, 11) is 0. The molecule has 24 heavy (non-hydrogen) atoms. The molecular weight excluding hydrogens is 318 g/mol. The molecular formula is C21H30ClNO. The Kier molecular flexibility index (Phi) is 5.69. The van der Waals surface area contributed by atoms with E-state index >= 15 is 0 Å². The van der Waals surface area contributed by atoms with E-state index in [-0.39, 0.29) is 12.4 Å². The summed E-state index contributed by atoms with van der Waals surface area (Å²) < 4.78 is 0. The molecule has 1 N–H and O–H groups in total. The molecule has 0 amide bonds. The number of halogens is 1. The number of piperidine rings is 1. The lowest BCUT2D eigenvalue weighted by atomic mass is 9.72. The average Bonchev–Trinajstić information content (AvgIpc) is 3.25. The Bertz CT molecular complexity index is 554. The first-order valence-electron chi connectivity index (χ1n) is 9.44. The minimum Gasteiger partial charge on any atom is -0.385 e. The first kappa shape index (κ1) is 18.0. The van der Waals surface area contributed by atoms with E-state index in [0.29, 0.717) is 17.8 Å². The molecule has 0 radical (unpaired) electrons. The molecule has 1 saturated carbocycles. The molecule has 2 fully saturated rings. The Morgan fingerprint density at radius 2 is 1.75 bits per heavy atom. The number of aliphatic hydroxyl groups is 1. The van der Waals surface area contributed by atoms with Gasteiger partial charge in [-0.05, 0) is 68.5 Å². The van der Waals surface area contributed by atoms with Crippen LogP contribution in [0.4, 0.5) is 0 Å². The van der Waals surface area contributed by atoms with Gasteiger partial charge in [-0.15, -0.1) is 12.4 Å². The molecule has 4 rings (SSSR count). The average molecular weight is 348 g/mol. The van der Waals surface area contributed by atoms with Gasteiger partial charge in [0.05, 0.1) is 5.60 Å². The van der Waals surface area contributed by atoms with E-state index in [9.17, 15) is 5.11 Å². The minimum absolute atomic E-state index is 0. The smallest absolute Gasteiger partial charge is 0.0942 e. The quantitative estimate of drug-likeness (QED) is 0.799. The van der Waals surface area contributed by atoms with Crippen molar-refractivity contribution in [1.82, 2.24) is 4.90 Å². The first-order chi connectivity index (χ1) is 11.3. The molecule has 1 aromatic rings. The van der Waals surface area contributed by atoms with Crippen LogP contribution in [0.2, 0.25) is 0 Å². The number of benzene rings is 1. The number of allylic oxidation sites excluding steroid dienone is 2. The van der Waals surface area contributed by atoms with Crippen molar-refractivity contribution >= 4 is 12.4 Å². The van der Waals surface area contributed by atoms with Crippen molar-refractivity contribution in [3.8, 4) is 0 Å². The highest BCUT2D eigenvalue weighted by atomic mass is 35.5. The lowest BCUT2D eigenvalue weighted by molar-refractivity contribution is -0.0495. The highest BCUT2D eigenvalue weighted by molar-refractivity contribution is 5.85. The minimum atomic E-state index is -0.664. The number of rotatable bonds is 5. The van der Waals surface area contributed by atoms with Crippen molar-refractivity contribution < 1.29 is 5.11 Å². The topological polar surface area (TPSA) is 23.5 Å². The monoisotopic (exact) mass is 347 g/mol. The van der Waals surface area contributed by atoms with Gasteiger partial charge in [0.1, 0.15) is 0 Å².